The van der Waals surface area contributed by atoms with Crippen molar-refractivity contribution < 1.29 is 0 Å². The Hall–Kier alpha value is -2.32. The van der Waals surface area contributed by atoms with E-state index in [-0.39, 0.29) is 0 Å². The van der Waals surface area contributed by atoms with Gasteiger partial charge >= 0.3 is 0 Å². The highest BCUT2D eigenvalue weighted by Crippen LogP contribution is 2.32. The van der Waals surface area contributed by atoms with Gasteiger partial charge in [-0.3, -0.25) is 4.98 Å². The molecule has 20 heavy (non-hydrogen) atoms. The Labute approximate surface area is 121 Å². The van der Waals surface area contributed by atoms with E-state index in [2.05, 4.69) is 27.8 Å². The predicted molar refractivity (Wildman–Crippen MR) is 83.6 cm³/mol. The summed E-state index contributed by atoms with van der Waals surface area (Å²) in [7, 11) is 0. The third-order valence-electron chi connectivity index (χ3n) is 3.54. The number of para-hydroxylation sites is 1. The predicted octanol–water partition coefficient (Wildman–Crippen LogP) is 4.83. The molecule has 0 unspecified atom stereocenters. The van der Waals surface area contributed by atoms with Gasteiger partial charge in [-0.1, -0.05) is 29.8 Å². The smallest absolute Gasteiger partial charge is 0.0571 e. The normalized spacial score (nSPS) is 11.2. The van der Waals surface area contributed by atoms with Crippen LogP contribution in [0.25, 0.3) is 27.5 Å². The lowest BCUT2D eigenvalue weighted by atomic mass is 10.2. The number of hydrogen-bond acceptors (Lipinski definition) is 1. The average molecular weight is 279 g/mol. The largest absolute Gasteiger partial charge is 0.309 e. The summed E-state index contributed by atoms with van der Waals surface area (Å²) >= 11 is 6.14. The molecule has 0 amide bonds. The van der Waals surface area contributed by atoms with Crippen LogP contribution in [0.4, 0.5) is 0 Å². The van der Waals surface area contributed by atoms with Gasteiger partial charge in [0.2, 0.25) is 0 Å². The van der Waals surface area contributed by atoms with Gasteiger partial charge < -0.3 is 4.57 Å². The molecule has 0 fully saturated rings. The lowest BCUT2D eigenvalue weighted by Gasteiger charge is -2.06. The number of halogens is 1. The van der Waals surface area contributed by atoms with Crippen LogP contribution in [0, 0.1) is 0 Å². The van der Waals surface area contributed by atoms with Gasteiger partial charge in [0.05, 0.1) is 11.0 Å². The maximum atomic E-state index is 6.14. The van der Waals surface area contributed by atoms with E-state index in [0.29, 0.717) is 0 Å². The standard InChI is InChI=1S/C17H11ClN2/c18-12-6-7-16-14(10-12)15-11-19-9-8-17(15)20(16)13-4-2-1-3-5-13/h1-11H. The number of benzene rings is 2. The lowest BCUT2D eigenvalue weighted by molar-refractivity contribution is 1.17. The van der Waals surface area contributed by atoms with Gasteiger partial charge in [0.1, 0.15) is 0 Å². The Balaban J connectivity index is 2.22. The van der Waals surface area contributed by atoms with Crippen molar-refractivity contribution in [2.45, 2.75) is 0 Å². The van der Waals surface area contributed by atoms with Gasteiger partial charge in [-0.25, -0.2) is 0 Å². The van der Waals surface area contributed by atoms with Crippen molar-refractivity contribution in [3.63, 3.8) is 0 Å². The molecule has 2 nitrogen and oxygen atoms in total. The Kier molecular flexibility index (Phi) is 2.51. The topological polar surface area (TPSA) is 17.8 Å². The molecule has 0 bridgehead atoms. The molecule has 0 atom stereocenters. The molecule has 2 aromatic heterocycles. The molecule has 0 aliphatic heterocycles. The van der Waals surface area contributed by atoms with Gasteiger partial charge in [-0.15, -0.1) is 0 Å². The zero-order valence-corrected chi connectivity index (χ0v) is 11.4. The van der Waals surface area contributed by atoms with Gasteiger partial charge in [0, 0.05) is 33.9 Å². The highest BCUT2D eigenvalue weighted by atomic mass is 35.5. The van der Waals surface area contributed by atoms with Crippen LogP contribution in [0.1, 0.15) is 0 Å². The summed E-state index contributed by atoms with van der Waals surface area (Å²) in [5.74, 6) is 0. The number of aromatic nitrogens is 2. The van der Waals surface area contributed by atoms with E-state index in [4.69, 9.17) is 11.6 Å². The molecule has 0 saturated heterocycles. The molecule has 0 aliphatic rings. The fourth-order valence-corrected chi connectivity index (χ4v) is 2.87. The van der Waals surface area contributed by atoms with Crippen LogP contribution in [0.2, 0.25) is 5.02 Å². The minimum atomic E-state index is 0.744. The molecular weight excluding hydrogens is 268 g/mol. The molecule has 0 saturated carbocycles. The van der Waals surface area contributed by atoms with Crippen LogP contribution in [0.5, 0.6) is 0 Å². The maximum absolute atomic E-state index is 6.14. The first kappa shape index (κ1) is 11.5. The maximum Gasteiger partial charge on any atom is 0.0571 e. The summed E-state index contributed by atoms with van der Waals surface area (Å²) in [6, 6.07) is 18.3. The van der Waals surface area contributed by atoms with Crippen LogP contribution in [0.15, 0.2) is 67.0 Å². The first-order chi connectivity index (χ1) is 9.84. The van der Waals surface area contributed by atoms with Crippen LogP contribution in [-0.2, 0) is 0 Å². The minimum absolute atomic E-state index is 0.744. The van der Waals surface area contributed by atoms with Crippen molar-refractivity contribution in [3.8, 4) is 5.69 Å². The summed E-state index contributed by atoms with van der Waals surface area (Å²) in [5, 5.41) is 2.99. The molecule has 3 heteroatoms. The molecular formula is C17H11ClN2. The summed E-state index contributed by atoms with van der Waals surface area (Å²) in [5.41, 5.74) is 3.42. The summed E-state index contributed by atoms with van der Waals surface area (Å²) in [6.07, 6.45) is 3.72. The second-order valence-corrected chi connectivity index (χ2v) is 5.16. The highest BCUT2D eigenvalue weighted by molar-refractivity contribution is 6.31. The van der Waals surface area contributed by atoms with Gasteiger partial charge in [-0.2, -0.15) is 0 Å². The van der Waals surface area contributed by atoms with Gasteiger partial charge in [-0.05, 0) is 36.4 Å². The van der Waals surface area contributed by atoms with Crippen molar-refractivity contribution in [2.75, 3.05) is 0 Å². The van der Waals surface area contributed by atoms with Crippen LogP contribution < -0.4 is 0 Å². The molecule has 96 valence electrons. The molecule has 4 aromatic rings. The zero-order chi connectivity index (χ0) is 13.5. The average Bonchev–Trinajstić information content (AvgIpc) is 2.82. The Morgan fingerprint density at radius 3 is 2.50 bits per heavy atom. The van der Waals surface area contributed by atoms with E-state index < -0.39 is 0 Å². The molecule has 2 aromatic carbocycles. The van der Waals surface area contributed by atoms with Crippen molar-refractivity contribution in [3.05, 3.63) is 72.0 Å². The second kappa shape index (κ2) is 4.36. The van der Waals surface area contributed by atoms with Gasteiger partial charge in [0.25, 0.3) is 0 Å². The molecule has 0 spiro atoms. The third kappa shape index (κ3) is 1.62. The SMILES string of the molecule is Clc1ccc2c(c1)c1cnccc1n2-c1ccccc1. The lowest BCUT2D eigenvalue weighted by Crippen LogP contribution is -1.92. The van der Waals surface area contributed by atoms with E-state index in [9.17, 15) is 0 Å². The molecule has 0 aliphatic carbocycles. The summed E-state index contributed by atoms with van der Waals surface area (Å²) < 4.78 is 2.24. The Morgan fingerprint density at radius 1 is 0.850 bits per heavy atom. The molecule has 0 N–H and O–H groups in total. The summed E-state index contributed by atoms with van der Waals surface area (Å²) in [6.45, 7) is 0. The first-order valence-electron chi connectivity index (χ1n) is 6.44. The fraction of sp³-hybridized carbons (Fsp3) is 0. The second-order valence-electron chi connectivity index (χ2n) is 4.73. The molecule has 4 rings (SSSR count). The molecule has 0 radical (unpaired) electrons. The number of pyridine rings is 1. The van der Waals surface area contributed by atoms with Crippen LogP contribution in [-0.4, -0.2) is 9.55 Å². The zero-order valence-electron chi connectivity index (χ0n) is 10.6. The number of fused-ring (bicyclic) bond motifs is 3. The quantitative estimate of drug-likeness (QED) is 0.487. The Bertz CT molecular complexity index is 910. The third-order valence-corrected chi connectivity index (χ3v) is 3.78. The number of hydrogen-bond donors (Lipinski definition) is 0. The van der Waals surface area contributed by atoms with Crippen LogP contribution in [0.3, 0.4) is 0 Å². The number of rotatable bonds is 1. The first-order valence-corrected chi connectivity index (χ1v) is 6.81. The monoisotopic (exact) mass is 278 g/mol. The van der Waals surface area contributed by atoms with Crippen molar-refractivity contribution >= 4 is 33.4 Å². The number of nitrogens with zero attached hydrogens (tertiary/aromatic N) is 2. The minimum Gasteiger partial charge on any atom is -0.309 e. The summed E-state index contributed by atoms with van der Waals surface area (Å²) in [4.78, 5) is 4.24. The highest BCUT2D eigenvalue weighted by Gasteiger charge is 2.11. The van der Waals surface area contributed by atoms with E-state index >= 15 is 0 Å². The van der Waals surface area contributed by atoms with Crippen LogP contribution >= 0.6 is 11.6 Å². The van der Waals surface area contributed by atoms with E-state index in [0.717, 1.165) is 32.5 Å². The van der Waals surface area contributed by atoms with Crippen molar-refractivity contribution in [1.82, 2.24) is 9.55 Å². The van der Waals surface area contributed by atoms with Crippen molar-refractivity contribution in [2.24, 2.45) is 0 Å². The van der Waals surface area contributed by atoms with E-state index in [1.54, 1.807) is 0 Å². The van der Waals surface area contributed by atoms with E-state index in [1.165, 1.54) is 0 Å². The van der Waals surface area contributed by atoms with Crippen molar-refractivity contribution in [1.29, 1.82) is 0 Å². The van der Waals surface area contributed by atoms with Gasteiger partial charge in [0.15, 0.2) is 0 Å². The molecule has 2 heterocycles. The van der Waals surface area contributed by atoms with E-state index in [1.807, 2.05) is 48.8 Å². The fourth-order valence-electron chi connectivity index (χ4n) is 2.69. The Morgan fingerprint density at radius 2 is 1.65 bits per heavy atom.